The fourth-order valence-electron chi connectivity index (χ4n) is 1.23. The lowest BCUT2D eigenvalue weighted by Gasteiger charge is -2.09. The summed E-state index contributed by atoms with van der Waals surface area (Å²) in [4.78, 5) is 6.60. The van der Waals surface area contributed by atoms with Crippen LogP contribution in [0, 0.1) is 11.6 Å². The molecule has 0 aliphatic carbocycles. The number of rotatable bonds is 3. The van der Waals surface area contributed by atoms with Gasteiger partial charge in [-0.3, -0.25) is 4.72 Å². The number of para-hydroxylation sites is 1. The lowest BCUT2D eigenvalue weighted by Crippen LogP contribution is -2.15. The Morgan fingerprint density at radius 1 is 1.11 bits per heavy atom. The summed E-state index contributed by atoms with van der Waals surface area (Å²) < 4.78 is 52.2. The van der Waals surface area contributed by atoms with Gasteiger partial charge in [-0.25, -0.2) is 27.2 Å². The minimum Gasteiger partial charge on any atom is -0.274 e. The molecular formula is C10H6ClF2N3O2S. The standard InChI is InChI=1S/C10H6ClF2N3O2S/c11-10-14-4-6(5-15-10)19(17,18)16-9-7(12)2-1-3-8(9)13/h1-5,16H. The van der Waals surface area contributed by atoms with E-state index >= 15 is 0 Å². The Morgan fingerprint density at radius 2 is 1.63 bits per heavy atom. The number of benzene rings is 1. The molecule has 0 saturated carbocycles. The molecule has 5 nitrogen and oxygen atoms in total. The largest absolute Gasteiger partial charge is 0.274 e. The molecule has 0 aliphatic heterocycles. The van der Waals surface area contributed by atoms with Crippen molar-refractivity contribution in [1.29, 1.82) is 0 Å². The predicted molar refractivity (Wildman–Crippen MR) is 64.2 cm³/mol. The Hall–Kier alpha value is -1.80. The average Bonchev–Trinajstić information content (AvgIpc) is 2.35. The Labute approximate surface area is 112 Å². The molecule has 1 N–H and O–H groups in total. The maximum absolute atomic E-state index is 13.3. The number of halogens is 3. The number of nitrogens with zero attached hydrogens (tertiary/aromatic N) is 2. The van der Waals surface area contributed by atoms with Crippen LogP contribution in [-0.4, -0.2) is 18.4 Å². The minimum atomic E-state index is -4.19. The molecule has 0 radical (unpaired) electrons. The zero-order valence-electron chi connectivity index (χ0n) is 9.14. The fraction of sp³-hybridized carbons (Fsp3) is 0. The summed E-state index contributed by atoms with van der Waals surface area (Å²) in [6.07, 6.45) is 1.85. The summed E-state index contributed by atoms with van der Waals surface area (Å²) in [6, 6.07) is 2.98. The third-order valence-electron chi connectivity index (χ3n) is 2.11. The van der Waals surface area contributed by atoms with Crippen LogP contribution in [0.5, 0.6) is 0 Å². The van der Waals surface area contributed by atoms with Crippen LogP contribution in [-0.2, 0) is 10.0 Å². The predicted octanol–water partition coefficient (Wildman–Crippen LogP) is 2.21. The molecule has 100 valence electrons. The van der Waals surface area contributed by atoms with Crippen molar-refractivity contribution in [3.63, 3.8) is 0 Å². The molecule has 0 saturated heterocycles. The minimum absolute atomic E-state index is 0.143. The van der Waals surface area contributed by atoms with E-state index in [4.69, 9.17) is 11.6 Å². The van der Waals surface area contributed by atoms with E-state index in [1.807, 2.05) is 0 Å². The summed E-state index contributed by atoms with van der Waals surface area (Å²) in [5.74, 6) is -2.06. The highest BCUT2D eigenvalue weighted by Crippen LogP contribution is 2.21. The van der Waals surface area contributed by atoms with E-state index in [0.717, 1.165) is 30.6 Å². The fourth-order valence-corrected chi connectivity index (χ4v) is 2.29. The summed E-state index contributed by atoms with van der Waals surface area (Å²) in [5.41, 5.74) is -0.766. The second-order valence-electron chi connectivity index (χ2n) is 3.39. The van der Waals surface area contributed by atoms with E-state index in [-0.39, 0.29) is 10.2 Å². The SMILES string of the molecule is O=S(=O)(Nc1c(F)cccc1F)c1cnc(Cl)nc1. The van der Waals surface area contributed by atoms with Crippen LogP contribution >= 0.6 is 11.6 Å². The van der Waals surface area contributed by atoms with E-state index in [0.29, 0.717) is 0 Å². The Balaban J connectivity index is 2.39. The second kappa shape index (κ2) is 5.06. The molecule has 0 spiro atoms. The number of aromatic nitrogens is 2. The molecule has 0 amide bonds. The molecule has 1 aromatic heterocycles. The van der Waals surface area contributed by atoms with Crippen molar-refractivity contribution < 1.29 is 17.2 Å². The van der Waals surface area contributed by atoms with Gasteiger partial charge in [0, 0.05) is 0 Å². The van der Waals surface area contributed by atoms with Crippen molar-refractivity contribution >= 4 is 27.3 Å². The summed E-state index contributed by atoms with van der Waals surface area (Å²) in [7, 11) is -4.19. The second-order valence-corrected chi connectivity index (χ2v) is 5.41. The molecule has 9 heteroatoms. The van der Waals surface area contributed by atoms with Gasteiger partial charge in [0.25, 0.3) is 10.0 Å². The number of sulfonamides is 1. The van der Waals surface area contributed by atoms with Gasteiger partial charge in [-0.2, -0.15) is 0 Å². The Morgan fingerprint density at radius 3 is 2.16 bits per heavy atom. The monoisotopic (exact) mass is 305 g/mol. The maximum atomic E-state index is 13.3. The van der Waals surface area contributed by atoms with Crippen molar-refractivity contribution in [2.75, 3.05) is 4.72 Å². The third-order valence-corrected chi connectivity index (χ3v) is 3.61. The quantitative estimate of drug-likeness (QED) is 0.883. The van der Waals surface area contributed by atoms with Gasteiger partial charge in [0.2, 0.25) is 5.28 Å². The van der Waals surface area contributed by atoms with E-state index in [2.05, 4.69) is 9.97 Å². The molecule has 2 rings (SSSR count). The van der Waals surface area contributed by atoms with Crippen LogP contribution in [0.4, 0.5) is 14.5 Å². The van der Waals surface area contributed by atoms with Gasteiger partial charge in [-0.15, -0.1) is 0 Å². The van der Waals surface area contributed by atoms with Crippen LogP contribution in [0.15, 0.2) is 35.5 Å². The first kappa shape index (κ1) is 13.6. The lowest BCUT2D eigenvalue weighted by molar-refractivity contribution is 0.582. The summed E-state index contributed by atoms with van der Waals surface area (Å²) >= 11 is 5.41. The number of hydrogen-bond acceptors (Lipinski definition) is 4. The molecule has 1 heterocycles. The highest BCUT2D eigenvalue weighted by Gasteiger charge is 2.19. The van der Waals surface area contributed by atoms with Crippen LogP contribution in [0.3, 0.4) is 0 Å². The van der Waals surface area contributed by atoms with Gasteiger partial charge in [-0.1, -0.05) is 6.07 Å². The first-order chi connectivity index (χ1) is 8.90. The first-order valence-electron chi connectivity index (χ1n) is 4.84. The molecule has 0 atom stereocenters. The van der Waals surface area contributed by atoms with E-state index in [9.17, 15) is 17.2 Å². The highest BCUT2D eigenvalue weighted by molar-refractivity contribution is 7.92. The Bertz CT molecular complexity index is 687. The van der Waals surface area contributed by atoms with Gasteiger partial charge >= 0.3 is 0 Å². The van der Waals surface area contributed by atoms with Gasteiger partial charge in [0.05, 0.1) is 12.4 Å². The first-order valence-corrected chi connectivity index (χ1v) is 6.70. The van der Waals surface area contributed by atoms with Crippen LogP contribution in [0.25, 0.3) is 0 Å². The molecule has 0 aliphatic rings. The van der Waals surface area contributed by atoms with Crippen molar-refractivity contribution in [3.05, 3.63) is 47.5 Å². The van der Waals surface area contributed by atoms with Crippen molar-refractivity contribution in [2.45, 2.75) is 4.90 Å². The zero-order chi connectivity index (χ0) is 14.0. The maximum Gasteiger partial charge on any atom is 0.265 e. The highest BCUT2D eigenvalue weighted by atomic mass is 35.5. The van der Waals surface area contributed by atoms with Crippen LogP contribution in [0.1, 0.15) is 0 Å². The number of hydrogen-bond donors (Lipinski definition) is 1. The molecule has 1 aromatic carbocycles. The number of anilines is 1. The van der Waals surface area contributed by atoms with Gasteiger partial charge in [0.15, 0.2) is 0 Å². The summed E-state index contributed by atoms with van der Waals surface area (Å²) in [6.45, 7) is 0. The van der Waals surface area contributed by atoms with E-state index in [1.165, 1.54) is 0 Å². The molecule has 19 heavy (non-hydrogen) atoms. The molecule has 0 unspecified atom stereocenters. The number of nitrogens with one attached hydrogen (secondary N) is 1. The lowest BCUT2D eigenvalue weighted by atomic mass is 10.3. The van der Waals surface area contributed by atoms with Crippen LogP contribution in [0.2, 0.25) is 5.28 Å². The van der Waals surface area contributed by atoms with Crippen LogP contribution < -0.4 is 4.72 Å². The van der Waals surface area contributed by atoms with Crippen molar-refractivity contribution in [1.82, 2.24) is 9.97 Å². The normalized spacial score (nSPS) is 11.3. The molecule has 0 bridgehead atoms. The average molecular weight is 306 g/mol. The molecule has 0 fully saturated rings. The van der Waals surface area contributed by atoms with Gasteiger partial charge < -0.3 is 0 Å². The van der Waals surface area contributed by atoms with E-state index < -0.39 is 27.3 Å². The molecular weight excluding hydrogens is 300 g/mol. The zero-order valence-corrected chi connectivity index (χ0v) is 10.7. The summed E-state index contributed by atoms with van der Waals surface area (Å²) in [5, 5.41) is -0.143. The smallest absolute Gasteiger partial charge is 0.265 e. The van der Waals surface area contributed by atoms with Crippen molar-refractivity contribution in [3.8, 4) is 0 Å². The van der Waals surface area contributed by atoms with Gasteiger partial charge in [0.1, 0.15) is 22.2 Å². The molecule has 2 aromatic rings. The van der Waals surface area contributed by atoms with Gasteiger partial charge in [-0.05, 0) is 23.7 Å². The third kappa shape index (κ3) is 2.96. The van der Waals surface area contributed by atoms with Crippen molar-refractivity contribution in [2.24, 2.45) is 0 Å². The Kier molecular flexibility index (Phi) is 3.63. The van der Waals surface area contributed by atoms with E-state index in [1.54, 1.807) is 4.72 Å². The topological polar surface area (TPSA) is 72.0 Å².